The average molecular weight is 202 g/mol. The van der Waals surface area contributed by atoms with Gasteiger partial charge in [0, 0.05) is 0 Å². The van der Waals surface area contributed by atoms with Crippen LogP contribution < -0.4 is 4.72 Å². The summed E-state index contributed by atoms with van der Waals surface area (Å²) in [5, 5.41) is 0. The van der Waals surface area contributed by atoms with Crippen LogP contribution in [-0.2, 0) is 20.6 Å². The largest absolute Gasteiger partial charge is 0.278 e. The summed E-state index contributed by atoms with van der Waals surface area (Å²) in [6.07, 6.45) is 2.45. The van der Waals surface area contributed by atoms with Crippen LogP contribution >= 0.6 is 0 Å². The molecule has 1 heterocycles. The first kappa shape index (κ1) is 9.52. The van der Waals surface area contributed by atoms with Gasteiger partial charge in [-0.05, 0) is 0 Å². The third kappa shape index (κ3) is 3.11. The molecular weight excluding hydrogens is 196 g/mol. The van der Waals surface area contributed by atoms with Crippen molar-refractivity contribution in [1.29, 1.82) is 0 Å². The molecule has 0 atom stereocenters. The Kier molecular flexibility index (Phi) is 2.85. The van der Waals surface area contributed by atoms with Crippen molar-refractivity contribution in [3.05, 3.63) is 18.5 Å². The fourth-order valence-electron chi connectivity index (χ4n) is 0.623. The van der Waals surface area contributed by atoms with Gasteiger partial charge < -0.3 is 0 Å². The average Bonchev–Trinajstić information content (AvgIpc) is 2.04. The number of nitrogens with one attached hydrogen (secondary N) is 1. The van der Waals surface area contributed by atoms with Gasteiger partial charge in [-0.25, -0.2) is 23.4 Å². The Morgan fingerprint density at radius 1 is 1.38 bits per heavy atom. The quantitative estimate of drug-likeness (QED) is 0.593. The van der Waals surface area contributed by atoms with Crippen LogP contribution in [0, 0.1) is 0 Å². The van der Waals surface area contributed by atoms with E-state index in [0.29, 0.717) is 0 Å². The number of aromatic nitrogens is 3. The van der Waals surface area contributed by atoms with Crippen LogP contribution in [0.15, 0.2) is 12.7 Å². The number of rotatable bonds is 4. The number of carbonyl (C=O) groups excluding carboxylic acids is 1. The zero-order valence-electron chi connectivity index (χ0n) is 6.41. The van der Waals surface area contributed by atoms with Gasteiger partial charge in [-0.15, -0.1) is 0 Å². The van der Waals surface area contributed by atoms with Crippen molar-refractivity contribution in [2.45, 2.75) is 5.75 Å². The van der Waals surface area contributed by atoms with Gasteiger partial charge in [-0.1, -0.05) is 0 Å². The molecule has 8 heteroatoms. The number of carbonyl (C=O) groups is 1. The molecule has 1 aromatic heterocycles. The second kappa shape index (κ2) is 3.90. The fourth-order valence-corrected chi connectivity index (χ4v) is 1.34. The highest BCUT2D eigenvalue weighted by atomic mass is 32.2. The Morgan fingerprint density at radius 3 is 2.54 bits per heavy atom. The van der Waals surface area contributed by atoms with Crippen LogP contribution in [0.3, 0.4) is 0 Å². The van der Waals surface area contributed by atoms with Crippen LogP contribution in [0.1, 0.15) is 5.82 Å². The Morgan fingerprint density at radius 2 is 2.00 bits per heavy atom. The molecule has 0 bridgehead atoms. The Balaban J connectivity index is 2.75. The van der Waals surface area contributed by atoms with E-state index in [1.165, 1.54) is 12.7 Å². The van der Waals surface area contributed by atoms with Crippen LogP contribution in [-0.4, -0.2) is 29.8 Å². The predicted molar refractivity (Wildman–Crippen MR) is 41.7 cm³/mol. The van der Waals surface area contributed by atoms with Gasteiger partial charge in [-0.3, -0.25) is 9.52 Å². The predicted octanol–water partition coefficient (Wildman–Crippen LogP) is -1.55. The van der Waals surface area contributed by atoms with E-state index in [0.717, 1.165) is 0 Å². The minimum Gasteiger partial charge on any atom is -0.278 e. The van der Waals surface area contributed by atoms with Gasteiger partial charge in [0.25, 0.3) is 0 Å². The smallest absolute Gasteiger partial charge is 0.242 e. The maximum atomic E-state index is 11.0. The van der Waals surface area contributed by atoms with Crippen LogP contribution in [0.4, 0.5) is 0 Å². The minimum absolute atomic E-state index is 0.0874. The van der Waals surface area contributed by atoms with Crippen LogP contribution in [0.2, 0.25) is 0 Å². The Hall–Kier alpha value is -1.57. The molecule has 0 spiro atoms. The molecule has 0 saturated heterocycles. The van der Waals surface area contributed by atoms with E-state index >= 15 is 0 Å². The van der Waals surface area contributed by atoms with E-state index in [2.05, 4.69) is 15.0 Å². The maximum Gasteiger partial charge on any atom is 0.242 e. The molecule has 0 aliphatic rings. The highest BCUT2D eigenvalue weighted by Crippen LogP contribution is 1.93. The third-order valence-corrected chi connectivity index (χ3v) is 2.19. The lowest BCUT2D eigenvalue weighted by Gasteiger charge is -1.98. The lowest BCUT2D eigenvalue weighted by molar-refractivity contribution is -0.108. The molecule has 1 N–H and O–H groups in total. The molecule has 0 aliphatic carbocycles. The lowest BCUT2D eigenvalue weighted by atomic mass is 10.7. The number of hydrogen-bond acceptors (Lipinski definition) is 6. The highest BCUT2D eigenvalue weighted by Gasteiger charge is 2.11. The molecule has 1 aromatic rings. The van der Waals surface area contributed by atoms with Gasteiger partial charge in [0.2, 0.25) is 16.4 Å². The number of nitrogens with zero attached hydrogens (tertiary/aromatic N) is 3. The molecule has 13 heavy (non-hydrogen) atoms. The molecule has 0 fully saturated rings. The van der Waals surface area contributed by atoms with Gasteiger partial charge in [-0.2, -0.15) is 0 Å². The summed E-state index contributed by atoms with van der Waals surface area (Å²) < 4.78 is 23.6. The van der Waals surface area contributed by atoms with Crippen molar-refractivity contribution in [2.75, 3.05) is 0 Å². The van der Waals surface area contributed by atoms with Crippen LogP contribution in [0.5, 0.6) is 0 Å². The Labute approximate surface area is 74.3 Å². The first-order chi connectivity index (χ1) is 6.14. The van der Waals surface area contributed by atoms with Gasteiger partial charge in [0.1, 0.15) is 24.2 Å². The van der Waals surface area contributed by atoms with Crippen molar-refractivity contribution < 1.29 is 13.2 Å². The number of hydrogen-bond donors (Lipinski definition) is 1. The molecule has 0 saturated carbocycles. The summed E-state index contributed by atoms with van der Waals surface area (Å²) in [6, 6.07) is 0. The summed E-state index contributed by atoms with van der Waals surface area (Å²) in [5.74, 6) is -0.349. The SMILES string of the molecule is O=CNS(=O)(=O)Cc1ncncn1. The summed E-state index contributed by atoms with van der Waals surface area (Å²) in [5.41, 5.74) is 0. The summed E-state index contributed by atoms with van der Waals surface area (Å²) in [4.78, 5) is 20.6. The number of amides is 1. The molecule has 0 unspecified atom stereocenters. The van der Waals surface area contributed by atoms with Crippen molar-refractivity contribution in [3.8, 4) is 0 Å². The summed E-state index contributed by atoms with van der Waals surface area (Å²) in [6.45, 7) is 0. The van der Waals surface area contributed by atoms with Crippen molar-refractivity contribution in [3.63, 3.8) is 0 Å². The second-order valence-electron chi connectivity index (χ2n) is 2.05. The van der Waals surface area contributed by atoms with E-state index in [1.807, 2.05) is 0 Å². The van der Waals surface area contributed by atoms with Crippen molar-refractivity contribution >= 4 is 16.4 Å². The first-order valence-corrected chi connectivity index (χ1v) is 4.84. The summed E-state index contributed by atoms with van der Waals surface area (Å²) in [7, 11) is -3.66. The fraction of sp³-hybridized carbons (Fsp3) is 0.200. The first-order valence-electron chi connectivity index (χ1n) is 3.18. The van der Waals surface area contributed by atoms with Gasteiger partial charge in [0.15, 0.2) is 0 Å². The van der Waals surface area contributed by atoms with E-state index in [4.69, 9.17) is 0 Å². The zero-order valence-corrected chi connectivity index (χ0v) is 7.23. The van der Waals surface area contributed by atoms with E-state index in [9.17, 15) is 13.2 Å². The van der Waals surface area contributed by atoms with E-state index in [-0.39, 0.29) is 12.2 Å². The van der Waals surface area contributed by atoms with Crippen molar-refractivity contribution in [1.82, 2.24) is 19.7 Å². The zero-order chi connectivity index (χ0) is 9.73. The van der Waals surface area contributed by atoms with E-state index in [1.54, 1.807) is 4.72 Å². The molecule has 1 amide bonds. The molecule has 0 radical (unpaired) electrons. The molecule has 0 aromatic carbocycles. The minimum atomic E-state index is -3.66. The topological polar surface area (TPSA) is 102 Å². The summed E-state index contributed by atoms with van der Waals surface area (Å²) >= 11 is 0. The number of sulfonamides is 1. The second-order valence-corrected chi connectivity index (χ2v) is 3.80. The molecule has 7 nitrogen and oxygen atoms in total. The highest BCUT2D eigenvalue weighted by molar-refractivity contribution is 7.89. The monoisotopic (exact) mass is 202 g/mol. The molecule has 1 rings (SSSR count). The third-order valence-electron chi connectivity index (χ3n) is 1.09. The van der Waals surface area contributed by atoms with Gasteiger partial charge >= 0.3 is 0 Å². The van der Waals surface area contributed by atoms with Gasteiger partial charge in [0.05, 0.1) is 0 Å². The normalized spacial score (nSPS) is 10.8. The van der Waals surface area contributed by atoms with E-state index < -0.39 is 15.8 Å². The lowest BCUT2D eigenvalue weighted by Crippen LogP contribution is -2.24. The molecule has 70 valence electrons. The maximum absolute atomic E-state index is 11.0. The standard InChI is InChI=1S/C5H6N4O3S/c10-4-9-13(11,12)1-5-7-2-6-3-8-5/h2-4H,1H2,(H,9,10). The molecular formula is C5H6N4O3S. The van der Waals surface area contributed by atoms with Crippen molar-refractivity contribution in [2.24, 2.45) is 0 Å². The van der Waals surface area contributed by atoms with Crippen LogP contribution in [0.25, 0.3) is 0 Å². The molecule has 0 aliphatic heterocycles. The Bertz CT molecular complexity index is 376.